The van der Waals surface area contributed by atoms with Gasteiger partial charge in [-0.3, -0.25) is 9.48 Å². The van der Waals surface area contributed by atoms with Crippen LogP contribution in [0, 0.1) is 0 Å². The molecular formula is C10H13N3O3S. The Hall–Kier alpha value is -1.50. The van der Waals surface area contributed by atoms with E-state index >= 15 is 0 Å². The fourth-order valence-electron chi connectivity index (χ4n) is 1.73. The molecule has 0 aliphatic carbocycles. The molecule has 0 radical (unpaired) electrons. The Morgan fingerprint density at radius 3 is 3.00 bits per heavy atom. The van der Waals surface area contributed by atoms with Gasteiger partial charge in [0.1, 0.15) is 12.6 Å². The predicted molar refractivity (Wildman–Crippen MR) is 62.7 cm³/mol. The summed E-state index contributed by atoms with van der Waals surface area (Å²) in [6.07, 6.45) is 3.28. The summed E-state index contributed by atoms with van der Waals surface area (Å²) in [7, 11) is 0. The van der Waals surface area contributed by atoms with Gasteiger partial charge in [-0.2, -0.15) is 16.9 Å². The van der Waals surface area contributed by atoms with Gasteiger partial charge in [-0.05, 0) is 6.07 Å². The number of hydrogen-bond acceptors (Lipinski definition) is 4. The van der Waals surface area contributed by atoms with Crippen LogP contribution in [-0.4, -0.2) is 55.8 Å². The molecule has 0 saturated carbocycles. The van der Waals surface area contributed by atoms with Crippen molar-refractivity contribution < 1.29 is 14.7 Å². The van der Waals surface area contributed by atoms with E-state index in [1.165, 1.54) is 9.58 Å². The monoisotopic (exact) mass is 255 g/mol. The number of carbonyl (C=O) groups excluding carboxylic acids is 1. The van der Waals surface area contributed by atoms with Gasteiger partial charge in [-0.15, -0.1) is 0 Å². The number of amides is 1. The maximum atomic E-state index is 12.0. The molecule has 1 aliphatic rings. The van der Waals surface area contributed by atoms with Gasteiger partial charge in [0.15, 0.2) is 0 Å². The molecule has 2 rings (SSSR count). The van der Waals surface area contributed by atoms with E-state index in [1.807, 2.05) is 0 Å². The largest absolute Gasteiger partial charge is 0.480 e. The minimum absolute atomic E-state index is 0.0987. The maximum absolute atomic E-state index is 12.0. The number of hydrogen-bond donors (Lipinski definition) is 1. The molecule has 0 bridgehead atoms. The lowest BCUT2D eigenvalue weighted by molar-refractivity contribution is -0.149. The average Bonchev–Trinajstić information content (AvgIpc) is 2.81. The molecule has 1 aliphatic heterocycles. The zero-order chi connectivity index (χ0) is 12.3. The van der Waals surface area contributed by atoms with Crippen molar-refractivity contribution in [2.75, 3.05) is 18.1 Å². The lowest BCUT2D eigenvalue weighted by Gasteiger charge is -2.32. The Morgan fingerprint density at radius 1 is 1.53 bits per heavy atom. The average molecular weight is 255 g/mol. The summed E-state index contributed by atoms with van der Waals surface area (Å²) in [6.45, 7) is 0.586. The van der Waals surface area contributed by atoms with E-state index in [-0.39, 0.29) is 12.5 Å². The minimum atomic E-state index is -0.939. The zero-order valence-electron chi connectivity index (χ0n) is 9.15. The van der Waals surface area contributed by atoms with Crippen molar-refractivity contribution in [2.24, 2.45) is 0 Å². The first kappa shape index (κ1) is 12.0. The Kier molecular flexibility index (Phi) is 3.68. The fourth-order valence-corrected chi connectivity index (χ4v) is 2.77. The molecule has 0 spiro atoms. The summed E-state index contributed by atoms with van der Waals surface area (Å²) in [5, 5.41) is 13.0. The molecule has 17 heavy (non-hydrogen) atoms. The molecule has 1 N–H and O–H groups in total. The minimum Gasteiger partial charge on any atom is -0.480 e. The summed E-state index contributed by atoms with van der Waals surface area (Å²) in [6, 6.07) is 1.02. The molecule has 1 fully saturated rings. The summed E-state index contributed by atoms with van der Waals surface area (Å²) in [4.78, 5) is 24.4. The number of aliphatic carboxylic acids is 1. The number of carboxylic acids is 1. The molecule has 0 aromatic carbocycles. The van der Waals surface area contributed by atoms with Gasteiger partial charge in [0.25, 0.3) is 0 Å². The number of nitrogens with zero attached hydrogens (tertiary/aromatic N) is 3. The number of rotatable bonds is 3. The SMILES string of the molecule is O=C(O)C1CSCCN1C(=O)Cn1cccn1. The maximum Gasteiger partial charge on any atom is 0.327 e. The van der Waals surface area contributed by atoms with Gasteiger partial charge in [-0.25, -0.2) is 4.79 Å². The van der Waals surface area contributed by atoms with Crippen molar-refractivity contribution in [3.63, 3.8) is 0 Å². The van der Waals surface area contributed by atoms with E-state index in [4.69, 9.17) is 5.11 Å². The first-order valence-corrected chi connectivity index (χ1v) is 6.41. The van der Waals surface area contributed by atoms with Gasteiger partial charge in [0.05, 0.1) is 0 Å². The van der Waals surface area contributed by atoms with E-state index in [1.54, 1.807) is 30.2 Å². The second-order valence-electron chi connectivity index (χ2n) is 3.72. The highest BCUT2D eigenvalue weighted by molar-refractivity contribution is 7.99. The zero-order valence-corrected chi connectivity index (χ0v) is 9.97. The van der Waals surface area contributed by atoms with E-state index < -0.39 is 12.0 Å². The van der Waals surface area contributed by atoms with Gasteiger partial charge >= 0.3 is 5.97 Å². The normalized spacial score (nSPS) is 20.2. The molecule has 92 valence electrons. The lowest BCUT2D eigenvalue weighted by Crippen LogP contribution is -2.51. The first-order chi connectivity index (χ1) is 8.18. The summed E-state index contributed by atoms with van der Waals surface area (Å²) < 4.78 is 1.50. The Morgan fingerprint density at radius 2 is 2.35 bits per heavy atom. The van der Waals surface area contributed by atoms with Crippen LogP contribution in [-0.2, 0) is 16.1 Å². The summed E-state index contributed by atoms with van der Waals surface area (Å²) >= 11 is 1.56. The van der Waals surface area contributed by atoms with Crippen LogP contribution in [0.1, 0.15) is 0 Å². The standard InChI is InChI=1S/C10H13N3O3S/c14-9(6-12-3-1-2-11-12)13-4-5-17-7-8(13)10(15)16/h1-3,8H,4-7H2,(H,15,16). The molecule has 1 aromatic heterocycles. The predicted octanol–water partition coefficient (Wildman–Crippen LogP) is -0.0883. The molecule has 2 heterocycles. The number of aromatic nitrogens is 2. The van der Waals surface area contributed by atoms with Gasteiger partial charge < -0.3 is 10.0 Å². The van der Waals surface area contributed by atoms with Crippen LogP contribution in [0.3, 0.4) is 0 Å². The van der Waals surface area contributed by atoms with Crippen LogP contribution in [0.15, 0.2) is 18.5 Å². The molecular weight excluding hydrogens is 242 g/mol. The van der Waals surface area contributed by atoms with Crippen molar-refractivity contribution in [1.82, 2.24) is 14.7 Å². The third-order valence-electron chi connectivity index (χ3n) is 2.59. The van der Waals surface area contributed by atoms with Crippen LogP contribution in [0.25, 0.3) is 0 Å². The molecule has 1 atom stereocenters. The van der Waals surface area contributed by atoms with Crippen LogP contribution < -0.4 is 0 Å². The Labute approximate surface area is 103 Å². The van der Waals surface area contributed by atoms with Crippen molar-refractivity contribution >= 4 is 23.6 Å². The van der Waals surface area contributed by atoms with Crippen LogP contribution in [0.5, 0.6) is 0 Å². The van der Waals surface area contributed by atoms with Crippen LogP contribution in [0.4, 0.5) is 0 Å². The first-order valence-electron chi connectivity index (χ1n) is 5.26. The third-order valence-corrected chi connectivity index (χ3v) is 3.61. The smallest absolute Gasteiger partial charge is 0.327 e. The van der Waals surface area contributed by atoms with Gasteiger partial charge in [0.2, 0.25) is 5.91 Å². The van der Waals surface area contributed by atoms with Crippen LogP contribution >= 0.6 is 11.8 Å². The van der Waals surface area contributed by atoms with Gasteiger partial charge in [-0.1, -0.05) is 0 Å². The highest BCUT2D eigenvalue weighted by Crippen LogP contribution is 2.17. The second kappa shape index (κ2) is 5.22. The topological polar surface area (TPSA) is 75.4 Å². The number of carboxylic acid groups (broad SMARTS) is 1. The van der Waals surface area contributed by atoms with Gasteiger partial charge in [0, 0.05) is 30.4 Å². The van der Waals surface area contributed by atoms with Crippen molar-refractivity contribution in [3.05, 3.63) is 18.5 Å². The Bertz CT molecular complexity index is 407. The number of carbonyl (C=O) groups is 2. The lowest BCUT2D eigenvalue weighted by atomic mass is 10.2. The quantitative estimate of drug-likeness (QED) is 0.817. The van der Waals surface area contributed by atoms with Crippen LogP contribution in [0.2, 0.25) is 0 Å². The molecule has 1 amide bonds. The highest BCUT2D eigenvalue weighted by atomic mass is 32.2. The van der Waals surface area contributed by atoms with Crippen molar-refractivity contribution in [1.29, 1.82) is 0 Å². The third kappa shape index (κ3) is 2.79. The fraction of sp³-hybridized carbons (Fsp3) is 0.500. The molecule has 1 unspecified atom stereocenters. The summed E-state index contributed by atoms with van der Waals surface area (Å²) in [5.74, 6) is 0.113. The number of thioether (sulfide) groups is 1. The van der Waals surface area contributed by atoms with E-state index in [0.717, 1.165) is 5.75 Å². The molecule has 1 saturated heterocycles. The summed E-state index contributed by atoms with van der Waals surface area (Å²) in [5.41, 5.74) is 0. The van der Waals surface area contributed by atoms with Crippen molar-refractivity contribution in [2.45, 2.75) is 12.6 Å². The van der Waals surface area contributed by atoms with E-state index in [2.05, 4.69) is 5.10 Å². The van der Waals surface area contributed by atoms with E-state index in [9.17, 15) is 9.59 Å². The molecule has 7 heteroatoms. The Balaban J connectivity index is 2.03. The second-order valence-corrected chi connectivity index (χ2v) is 4.87. The molecule has 6 nitrogen and oxygen atoms in total. The van der Waals surface area contributed by atoms with E-state index in [0.29, 0.717) is 12.3 Å². The molecule has 1 aromatic rings. The van der Waals surface area contributed by atoms with Crippen molar-refractivity contribution in [3.8, 4) is 0 Å². The highest BCUT2D eigenvalue weighted by Gasteiger charge is 2.32.